The minimum atomic E-state index is -0.653. The maximum Gasteiger partial charge on any atom is 0.255 e. The fourth-order valence-electron chi connectivity index (χ4n) is 2.79. The highest BCUT2D eigenvalue weighted by Gasteiger charge is 2.53. The highest BCUT2D eigenvalue weighted by Crippen LogP contribution is 2.44. The molecule has 0 atom stereocenters. The molecule has 0 unspecified atom stereocenters. The SMILES string of the molecule is O=C(c1cnc2nccnc2c1)N1CC(O)(C2CC2)C1. The zero-order chi connectivity index (χ0) is 13.7. The van der Waals surface area contributed by atoms with Gasteiger partial charge in [0.05, 0.1) is 18.7 Å². The maximum absolute atomic E-state index is 12.3. The summed E-state index contributed by atoms with van der Waals surface area (Å²) in [4.78, 5) is 26.4. The third-order valence-electron chi connectivity index (χ3n) is 4.13. The fourth-order valence-corrected chi connectivity index (χ4v) is 2.79. The van der Waals surface area contributed by atoms with E-state index in [0.717, 1.165) is 12.8 Å². The number of amides is 1. The molecule has 0 aromatic carbocycles. The van der Waals surface area contributed by atoms with Crippen molar-refractivity contribution in [2.24, 2.45) is 5.92 Å². The zero-order valence-corrected chi connectivity index (χ0v) is 10.9. The van der Waals surface area contributed by atoms with Gasteiger partial charge in [0.2, 0.25) is 0 Å². The number of likely N-dealkylation sites (tertiary alicyclic amines) is 1. The Kier molecular flexibility index (Phi) is 2.32. The summed E-state index contributed by atoms with van der Waals surface area (Å²) in [5.41, 5.74) is 0.981. The zero-order valence-electron chi connectivity index (χ0n) is 10.9. The van der Waals surface area contributed by atoms with Crippen LogP contribution in [0.25, 0.3) is 11.2 Å². The molecule has 3 heterocycles. The van der Waals surface area contributed by atoms with Gasteiger partial charge in [-0.3, -0.25) is 9.78 Å². The molecule has 2 aromatic heterocycles. The number of aromatic nitrogens is 3. The van der Waals surface area contributed by atoms with Crippen LogP contribution in [0.5, 0.6) is 0 Å². The van der Waals surface area contributed by atoms with Crippen molar-refractivity contribution in [2.75, 3.05) is 13.1 Å². The summed E-state index contributed by atoms with van der Waals surface area (Å²) >= 11 is 0. The molecule has 1 saturated heterocycles. The summed E-state index contributed by atoms with van der Waals surface area (Å²) in [6.07, 6.45) is 6.82. The van der Waals surface area contributed by atoms with Gasteiger partial charge in [0.15, 0.2) is 5.65 Å². The van der Waals surface area contributed by atoms with Crippen LogP contribution in [0.1, 0.15) is 23.2 Å². The predicted octanol–water partition coefficient (Wildman–Crippen LogP) is 0.622. The van der Waals surface area contributed by atoms with Crippen LogP contribution in [0.2, 0.25) is 0 Å². The molecule has 1 N–H and O–H groups in total. The second-order valence-electron chi connectivity index (χ2n) is 5.66. The average molecular weight is 270 g/mol. The van der Waals surface area contributed by atoms with Gasteiger partial charge >= 0.3 is 0 Å². The maximum atomic E-state index is 12.3. The highest BCUT2D eigenvalue weighted by molar-refractivity contribution is 5.96. The Morgan fingerprint density at radius 2 is 2.00 bits per heavy atom. The van der Waals surface area contributed by atoms with Gasteiger partial charge in [-0.05, 0) is 24.8 Å². The van der Waals surface area contributed by atoms with E-state index in [-0.39, 0.29) is 5.91 Å². The van der Waals surface area contributed by atoms with Gasteiger partial charge in [-0.25, -0.2) is 9.97 Å². The average Bonchev–Trinajstić information content (AvgIpc) is 3.27. The van der Waals surface area contributed by atoms with E-state index in [1.54, 1.807) is 23.4 Å². The first-order valence-electron chi connectivity index (χ1n) is 6.74. The topological polar surface area (TPSA) is 79.2 Å². The van der Waals surface area contributed by atoms with E-state index >= 15 is 0 Å². The Labute approximate surface area is 115 Å². The fraction of sp³-hybridized carbons (Fsp3) is 0.429. The molecule has 2 aliphatic rings. The minimum Gasteiger partial charge on any atom is -0.386 e. The van der Waals surface area contributed by atoms with Crippen LogP contribution in [-0.2, 0) is 0 Å². The molecule has 1 aliphatic heterocycles. The van der Waals surface area contributed by atoms with Crippen molar-refractivity contribution >= 4 is 17.1 Å². The summed E-state index contributed by atoms with van der Waals surface area (Å²) in [7, 11) is 0. The molecular weight excluding hydrogens is 256 g/mol. The summed E-state index contributed by atoms with van der Waals surface area (Å²) in [5.74, 6) is 0.280. The molecule has 0 spiro atoms. The van der Waals surface area contributed by atoms with Gasteiger partial charge < -0.3 is 10.0 Å². The number of nitrogens with zero attached hydrogens (tertiary/aromatic N) is 4. The molecule has 6 nitrogen and oxygen atoms in total. The molecule has 1 amide bonds. The Balaban J connectivity index is 1.55. The molecule has 0 radical (unpaired) electrons. The van der Waals surface area contributed by atoms with Crippen LogP contribution in [0.15, 0.2) is 24.7 Å². The van der Waals surface area contributed by atoms with Gasteiger partial charge in [-0.2, -0.15) is 0 Å². The van der Waals surface area contributed by atoms with E-state index in [4.69, 9.17) is 0 Å². The molecule has 2 fully saturated rings. The van der Waals surface area contributed by atoms with Crippen molar-refractivity contribution in [3.63, 3.8) is 0 Å². The largest absolute Gasteiger partial charge is 0.386 e. The summed E-state index contributed by atoms with van der Waals surface area (Å²) in [6, 6.07) is 1.70. The van der Waals surface area contributed by atoms with Crippen LogP contribution in [0, 0.1) is 5.92 Å². The van der Waals surface area contributed by atoms with Crippen molar-refractivity contribution < 1.29 is 9.90 Å². The number of aliphatic hydroxyl groups is 1. The number of β-amino-alcohol motifs (C(OH)–C–C–N with tert-alkyl or cyclic N) is 1. The highest BCUT2D eigenvalue weighted by atomic mass is 16.3. The molecule has 1 saturated carbocycles. The van der Waals surface area contributed by atoms with Crippen LogP contribution in [0.3, 0.4) is 0 Å². The Morgan fingerprint density at radius 1 is 1.25 bits per heavy atom. The molecule has 2 aromatic rings. The third-order valence-corrected chi connectivity index (χ3v) is 4.13. The molecule has 1 aliphatic carbocycles. The standard InChI is InChI=1S/C14H14N4O2/c19-13(18-7-14(20,8-18)10-1-2-10)9-5-11-12(17-6-9)16-4-3-15-11/h3-6,10,20H,1-2,7-8H2. The second kappa shape index (κ2) is 3.96. The molecular formula is C14H14N4O2. The minimum absolute atomic E-state index is 0.102. The number of hydrogen-bond donors (Lipinski definition) is 1. The van der Waals surface area contributed by atoms with E-state index in [0.29, 0.717) is 35.7 Å². The van der Waals surface area contributed by atoms with Crippen LogP contribution >= 0.6 is 0 Å². The summed E-state index contributed by atoms with van der Waals surface area (Å²) in [5, 5.41) is 10.3. The first-order chi connectivity index (χ1) is 9.66. The van der Waals surface area contributed by atoms with E-state index in [1.807, 2.05) is 0 Å². The Morgan fingerprint density at radius 3 is 2.75 bits per heavy atom. The number of fused-ring (bicyclic) bond motifs is 1. The number of hydrogen-bond acceptors (Lipinski definition) is 5. The number of carbonyl (C=O) groups excluding carboxylic acids is 1. The van der Waals surface area contributed by atoms with Gasteiger partial charge in [0.25, 0.3) is 5.91 Å². The van der Waals surface area contributed by atoms with Crippen molar-refractivity contribution in [3.8, 4) is 0 Å². The first kappa shape index (κ1) is 11.7. The molecule has 0 bridgehead atoms. The van der Waals surface area contributed by atoms with E-state index in [9.17, 15) is 9.90 Å². The number of rotatable bonds is 2. The van der Waals surface area contributed by atoms with Gasteiger partial charge in [0.1, 0.15) is 11.1 Å². The van der Waals surface area contributed by atoms with Crippen molar-refractivity contribution in [1.82, 2.24) is 19.9 Å². The lowest BCUT2D eigenvalue weighted by atomic mass is 9.88. The monoisotopic (exact) mass is 270 g/mol. The molecule has 4 rings (SSSR count). The van der Waals surface area contributed by atoms with E-state index in [2.05, 4.69) is 15.0 Å². The van der Waals surface area contributed by atoms with E-state index in [1.165, 1.54) is 6.20 Å². The molecule has 102 valence electrons. The second-order valence-corrected chi connectivity index (χ2v) is 5.66. The van der Waals surface area contributed by atoms with Crippen molar-refractivity contribution in [2.45, 2.75) is 18.4 Å². The van der Waals surface area contributed by atoms with E-state index < -0.39 is 5.60 Å². The van der Waals surface area contributed by atoms with Crippen LogP contribution in [-0.4, -0.2) is 49.6 Å². The Hall–Kier alpha value is -2.08. The lowest BCUT2D eigenvalue weighted by Gasteiger charge is -2.46. The van der Waals surface area contributed by atoms with Gasteiger partial charge in [0, 0.05) is 18.6 Å². The van der Waals surface area contributed by atoms with Crippen molar-refractivity contribution in [3.05, 3.63) is 30.2 Å². The van der Waals surface area contributed by atoms with Gasteiger partial charge in [-0.15, -0.1) is 0 Å². The summed E-state index contributed by atoms with van der Waals surface area (Å²) in [6.45, 7) is 0.851. The van der Waals surface area contributed by atoms with Crippen molar-refractivity contribution in [1.29, 1.82) is 0 Å². The lowest BCUT2D eigenvalue weighted by Crippen LogP contribution is -2.64. The van der Waals surface area contributed by atoms with Crippen LogP contribution in [0.4, 0.5) is 0 Å². The first-order valence-corrected chi connectivity index (χ1v) is 6.74. The predicted molar refractivity (Wildman–Crippen MR) is 70.9 cm³/mol. The molecule has 20 heavy (non-hydrogen) atoms. The lowest BCUT2D eigenvalue weighted by molar-refractivity contribution is -0.0958. The quantitative estimate of drug-likeness (QED) is 0.865. The Bertz CT molecular complexity index is 692. The number of pyridine rings is 1. The smallest absolute Gasteiger partial charge is 0.255 e. The van der Waals surface area contributed by atoms with Gasteiger partial charge in [-0.1, -0.05) is 0 Å². The molecule has 6 heteroatoms. The number of carbonyl (C=O) groups is 1. The summed E-state index contributed by atoms with van der Waals surface area (Å²) < 4.78 is 0. The van der Waals surface area contributed by atoms with Crippen LogP contribution < -0.4 is 0 Å². The normalized spacial score (nSPS) is 20.8. The third kappa shape index (κ3) is 1.76.